The van der Waals surface area contributed by atoms with Crippen LogP contribution < -0.4 is 10.2 Å². The number of aromatic nitrogens is 1. The van der Waals surface area contributed by atoms with Crippen LogP contribution >= 0.6 is 0 Å². The van der Waals surface area contributed by atoms with E-state index in [4.69, 9.17) is 0 Å². The Kier molecular flexibility index (Phi) is 4.31. The first-order valence-corrected chi connectivity index (χ1v) is 8.96. The van der Waals surface area contributed by atoms with Gasteiger partial charge in [0.15, 0.2) is 6.04 Å². The molecular weight excluding hydrogens is 326 g/mol. The van der Waals surface area contributed by atoms with E-state index in [1.807, 2.05) is 54.8 Å². The minimum Gasteiger partial charge on any atom is -0.361 e. The lowest BCUT2D eigenvalue weighted by Gasteiger charge is -2.16. The van der Waals surface area contributed by atoms with Crippen LogP contribution in [0.4, 0.5) is 5.69 Å². The van der Waals surface area contributed by atoms with Gasteiger partial charge in [-0.1, -0.05) is 36.4 Å². The molecule has 26 heavy (non-hydrogen) atoms. The van der Waals surface area contributed by atoms with Crippen molar-refractivity contribution < 1.29 is 14.9 Å². The monoisotopic (exact) mass is 348 g/mol. The summed E-state index contributed by atoms with van der Waals surface area (Å²) in [5.41, 5.74) is 4.01. The second-order valence-corrected chi connectivity index (χ2v) is 6.80. The highest BCUT2D eigenvalue weighted by Gasteiger charge is 2.42. The molecule has 0 unspecified atom stereocenters. The summed E-state index contributed by atoms with van der Waals surface area (Å²) in [6, 6.07) is 15.4. The third-order valence-electron chi connectivity index (χ3n) is 5.08. The second-order valence-electron chi connectivity index (χ2n) is 6.80. The number of carbonyl (C=O) groups excluding carboxylic acids is 2. The lowest BCUT2D eigenvalue weighted by Crippen LogP contribution is -2.92. The Labute approximate surface area is 152 Å². The molecule has 0 spiro atoms. The number of nitrogens with zero attached hydrogens (tertiary/aromatic N) is 1. The van der Waals surface area contributed by atoms with Crippen molar-refractivity contribution in [2.75, 3.05) is 11.4 Å². The highest BCUT2D eigenvalue weighted by molar-refractivity contribution is 6.22. The fourth-order valence-corrected chi connectivity index (χ4v) is 3.69. The first kappa shape index (κ1) is 16.5. The van der Waals surface area contributed by atoms with Crippen molar-refractivity contribution in [3.05, 3.63) is 65.9 Å². The zero-order valence-corrected chi connectivity index (χ0v) is 14.7. The summed E-state index contributed by atoms with van der Waals surface area (Å²) in [4.78, 5) is 29.8. The fraction of sp³-hybridized carbons (Fsp3) is 0.238. The molecule has 5 heteroatoms. The standard InChI is InChI=1S/C21H21N3O2/c1-14-6-2-5-9-19(14)24-20(25)12-18(21(24)26)22-11-10-15-13-23-17-8-4-3-7-16(15)17/h2-9,13,18,22-23H,10-12H2,1H3/p+1/t18-/m0/s1. The van der Waals surface area contributed by atoms with E-state index in [2.05, 4.69) is 17.1 Å². The number of H-pyrrole nitrogens is 1. The summed E-state index contributed by atoms with van der Waals surface area (Å²) >= 11 is 0. The maximum atomic E-state index is 12.7. The van der Waals surface area contributed by atoms with E-state index in [-0.39, 0.29) is 24.3 Å². The fourth-order valence-electron chi connectivity index (χ4n) is 3.69. The van der Waals surface area contributed by atoms with Gasteiger partial charge >= 0.3 is 0 Å². The maximum Gasteiger partial charge on any atom is 0.292 e. The van der Waals surface area contributed by atoms with Crippen LogP contribution in [-0.2, 0) is 16.0 Å². The Bertz CT molecular complexity index is 976. The number of aryl methyl sites for hydroxylation is 1. The van der Waals surface area contributed by atoms with Gasteiger partial charge < -0.3 is 10.3 Å². The summed E-state index contributed by atoms with van der Waals surface area (Å²) in [6.45, 7) is 2.69. The van der Waals surface area contributed by atoms with Crippen molar-refractivity contribution in [3.8, 4) is 0 Å². The number of benzene rings is 2. The minimum absolute atomic E-state index is 0.108. The number of hydrogen-bond acceptors (Lipinski definition) is 2. The Morgan fingerprint density at radius 3 is 2.73 bits per heavy atom. The normalized spacial score (nSPS) is 17.4. The lowest BCUT2D eigenvalue weighted by atomic mass is 10.1. The largest absolute Gasteiger partial charge is 0.361 e. The van der Waals surface area contributed by atoms with E-state index in [1.54, 1.807) is 0 Å². The molecule has 4 rings (SSSR count). The second kappa shape index (κ2) is 6.77. The molecule has 1 atom stereocenters. The zero-order valence-electron chi connectivity index (χ0n) is 14.7. The van der Waals surface area contributed by atoms with Crippen LogP contribution in [-0.4, -0.2) is 29.4 Å². The number of nitrogens with one attached hydrogen (secondary N) is 1. The molecule has 2 heterocycles. The average molecular weight is 348 g/mol. The van der Waals surface area contributed by atoms with Crippen molar-refractivity contribution >= 4 is 28.4 Å². The Hall–Kier alpha value is -2.92. The number of para-hydroxylation sites is 2. The van der Waals surface area contributed by atoms with Crippen molar-refractivity contribution in [2.45, 2.75) is 25.8 Å². The van der Waals surface area contributed by atoms with Crippen LogP contribution in [0.25, 0.3) is 10.9 Å². The molecule has 2 amide bonds. The smallest absolute Gasteiger partial charge is 0.292 e. The molecule has 132 valence electrons. The van der Waals surface area contributed by atoms with Crippen molar-refractivity contribution in [3.63, 3.8) is 0 Å². The van der Waals surface area contributed by atoms with Crippen LogP contribution in [0.15, 0.2) is 54.7 Å². The lowest BCUT2D eigenvalue weighted by molar-refractivity contribution is -0.674. The summed E-state index contributed by atoms with van der Waals surface area (Å²) in [7, 11) is 0. The molecule has 3 N–H and O–H groups in total. The van der Waals surface area contributed by atoms with Gasteiger partial charge in [-0.2, -0.15) is 0 Å². The number of anilines is 1. The molecule has 1 saturated heterocycles. The topological polar surface area (TPSA) is 69.8 Å². The predicted octanol–water partition coefficient (Wildman–Crippen LogP) is 1.91. The van der Waals surface area contributed by atoms with Crippen LogP contribution in [0.5, 0.6) is 0 Å². The minimum atomic E-state index is -0.327. The summed E-state index contributed by atoms with van der Waals surface area (Å²) < 4.78 is 0. The van der Waals surface area contributed by atoms with E-state index in [0.717, 1.165) is 24.0 Å². The van der Waals surface area contributed by atoms with E-state index in [9.17, 15) is 9.59 Å². The molecule has 0 radical (unpaired) electrons. The molecular formula is C21H22N3O2+. The summed E-state index contributed by atoms with van der Waals surface area (Å²) in [6.07, 6.45) is 3.15. The Balaban J connectivity index is 1.42. The zero-order chi connectivity index (χ0) is 18.1. The SMILES string of the molecule is Cc1ccccc1N1C(=O)C[C@H]([NH2+]CCc2c[nH]c3ccccc23)C1=O. The number of aromatic amines is 1. The van der Waals surface area contributed by atoms with E-state index >= 15 is 0 Å². The highest BCUT2D eigenvalue weighted by Crippen LogP contribution is 2.25. The van der Waals surface area contributed by atoms with Gasteiger partial charge in [-0.15, -0.1) is 0 Å². The molecule has 2 aromatic carbocycles. The van der Waals surface area contributed by atoms with Gasteiger partial charge in [-0.25, -0.2) is 4.90 Å². The molecule has 5 nitrogen and oxygen atoms in total. The highest BCUT2D eigenvalue weighted by atomic mass is 16.2. The third kappa shape index (κ3) is 2.91. The van der Waals surface area contributed by atoms with Gasteiger partial charge in [0.2, 0.25) is 5.91 Å². The van der Waals surface area contributed by atoms with Crippen molar-refractivity contribution in [1.29, 1.82) is 0 Å². The molecule has 1 aliphatic rings. The summed E-state index contributed by atoms with van der Waals surface area (Å²) in [5.74, 6) is -0.221. The predicted molar refractivity (Wildman–Crippen MR) is 101 cm³/mol. The van der Waals surface area contributed by atoms with Crippen LogP contribution in [0.3, 0.4) is 0 Å². The number of quaternary nitrogens is 1. The number of carbonyl (C=O) groups is 2. The van der Waals surface area contributed by atoms with Gasteiger partial charge in [0.25, 0.3) is 5.91 Å². The number of amides is 2. The van der Waals surface area contributed by atoms with Gasteiger partial charge in [-0.3, -0.25) is 9.59 Å². The molecule has 1 aliphatic heterocycles. The average Bonchev–Trinajstić information content (AvgIpc) is 3.17. The van der Waals surface area contributed by atoms with E-state index in [0.29, 0.717) is 5.69 Å². The molecule has 0 saturated carbocycles. The molecule has 0 aliphatic carbocycles. The Morgan fingerprint density at radius 1 is 1.12 bits per heavy atom. The number of imide groups is 1. The van der Waals surface area contributed by atoms with E-state index < -0.39 is 0 Å². The third-order valence-corrected chi connectivity index (χ3v) is 5.08. The van der Waals surface area contributed by atoms with Crippen LogP contribution in [0.2, 0.25) is 0 Å². The number of rotatable bonds is 5. The first-order chi connectivity index (χ1) is 12.6. The maximum absolute atomic E-state index is 12.7. The van der Waals surface area contributed by atoms with Gasteiger partial charge in [-0.05, 0) is 30.2 Å². The van der Waals surface area contributed by atoms with Crippen LogP contribution in [0, 0.1) is 6.92 Å². The summed E-state index contributed by atoms with van der Waals surface area (Å²) in [5, 5.41) is 3.22. The molecule has 0 bridgehead atoms. The molecule has 1 aromatic heterocycles. The van der Waals surface area contributed by atoms with E-state index in [1.165, 1.54) is 15.8 Å². The van der Waals surface area contributed by atoms with Crippen molar-refractivity contribution in [1.82, 2.24) is 4.98 Å². The Morgan fingerprint density at radius 2 is 1.88 bits per heavy atom. The van der Waals surface area contributed by atoms with Gasteiger partial charge in [0.05, 0.1) is 18.7 Å². The quantitative estimate of drug-likeness (QED) is 0.692. The number of hydrogen-bond donors (Lipinski definition) is 2. The molecule has 3 aromatic rings. The van der Waals surface area contributed by atoms with Crippen molar-refractivity contribution in [2.24, 2.45) is 0 Å². The first-order valence-electron chi connectivity index (χ1n) is 8.96. The molecule has 1 fully saturated rings. The van der Waals surface area contributed by atoms with Crippen LogP contribution in [0.1, 0.15) is 17.5 Å². The number of nitrogens with two attached hydrogens (primary N) is 1. The van der Waals surface area contributed by atoms with Gasteiger partial charge in [0.1, 0.15) is 0 Å². The number of fused-ring (bicyclic) bond motifs is 1. The van der Waals surface area contributed by atoms with Gasteiger partial charge in [0, 0.05) is 23.5 Å².